The number of carbonyl (C=O) groups is 2. The molecule has 0 spiro atoms. The molecule has 2 rings (SSSR count). The van der Waals surface area contributed by atoms with Crippen LogP contribution in [0.5, 0.6) is 5.75 Å². The molecule has 0 fully saturated rings. The van der Waals surface area contributed by atoms with Crippen LogP contribution in [0.2, 0.25) is 0 Å². The summed E-state index contributed by atoms with van der Waals surface area (Å²) in [5.41, 5.74) is 0.854. The Labute approximate surface area is 134 Å². The average molecular weight is 313 g/mol. The molecule has 5 nitrogen and oxygen atoms in total. The van der Waals surface area contributed by atoms with Crippen molar-refractivity contribution in [3.8, 4) is 5.75 Å². The maximum absolute atomic E-state index is 11.9. The van der Waals surface area contributed by atoms with E-state index in [9.17, 15) is 9.59 Å². The Bertz CT molecular complexity index is 698. The fourth-order valence-electron chi connectivity index (χ4n) is 1.89. The van der Waals surface area contributed by atoms with Gasteiger partial charge in [0, 0.05) is 6.54 Å². The minimum atomic E-state index is -0.185. The van der Waals surface area contributed by atoms with Crippen molar-refractivity contribution in [2.75, 3.05) is 13.2 Å². The van der Waals surface area contributed by atoms with Crippen molar-refractivity contribution in [1.82, 2.24) is 5.32 Å². The van der Waals surface area contributed by atoms with E-state index in [2.05, 4.69) is 5.32 Å². The number of amides is 1. The highest BCUT2D eigenvalue weighted by molar-refractivity contribution is 6.04. The molecule has 1 aromatic heterocycles. The van der Waals surface area contributed by atoms with Crippen LogP contribution >= 0.6 is 0 Å². The molecule has 0 saturated carbocycles. The van der Waals surface area contributed by atoms with Crippen molar-refractivity contribution in [2.45, 2.75) is 13.8 Å². The van der Waals surface area contributed by atoms with Crippen molar-refractivity contribution in [2.24, 2.45) is 0 Å². The van der Waals surface area contributed by atoms with Crippen molar-refractivity contribution < 1.29 is 18.7 Å². The monoisotopic (exact) mass is 313 g/mol. The average Bonchev–Trinajstić information content (AvgIpc) is 2.98. The summed E-state index contributed by atoms with van der Waals surface area (Å²) in [4.78, 5) is 23.2. The van der Waals surface area contributed by atoms with Gasteiger partial charge in [-0.2, -0.15) is 0 Å². The number of ketones is 1. The van der Waals surface area contributed by atoms with E-state index in [0.717, 1.165) is 5.56 Å². The number of hydrogen-bond donors (Lipinski definition) is 1. The van der Waals surface area contributed by atoms with Crippen LogP contribution in [-0.4, -0.2) is 24.8 Å². The number of likely N-dealkylation sites (N-methyl/N-ethyl adjacent to an activating group) is 1. The number of ether oxygens (including phenoxy) is 1. The highest BCUT2D eigenvalue weighted by atomic mass is 16.5. The lowest BCUT2D eigenvalue weighted by Crippen LogP contribution is -2.28. The van der Waals surface area contributed by atoms with Gasteiger partial charge >= 0.3 is 0 Å². The molecule has 0 aliphatic heterocycles. The highest BCUT2D eigenvalue weighted by Gasteiger charge is 2.06. The van der Waals surface area contributed by atoms with E-state index in [0.29, 0.717) is 23.8 Å². The van der Waals surface area contributed by atoms with Gasteiger partial charge in [-0.05, 0) is 49.8 Å². The normalized spacial score (nSPS) is 10.7. The van der Waals surface area contributed by atoms with Crippen LogP contribution in [-0.2, 0) is 4.79 Å². The molecular formula is C18H19NO4. The number of benzene rings is 1. The van der Waals surface area contributed by atoms with E-state index in [1.807, 2.05) is 19.1 Å². The zero-order valence-corrected chi connectivity index (χ0v) is 13.2. The van der Waals surface area contributed by atoms with Crippen molar-refractivity contribution in [3.05, 3.63) is 59.6 Å². The molecule has 1 heterocycles. The molecule has 1 aromatic carbocycles. The second-order valence-corrected chi connectivity index (χ2v) is 4.92. The predicted molar refractivity (Wildman–Crippen MR) is 87.4 cm³/mol. The molecule has 0 saturated heterocycles. The van der Waals surface area contributed by atoms with E-state index < -0.39 is 0 Å². The quantitative estimate of drug-likeness (QED) is 0.630. The van der Waals surface area contributed by atoms with Gasteiger partial charge in [-0.3, -0.25) is 9.59 Å². The summed E-state index contributed by atoms with van der Waals surface area (Å²) in [7, 11) is 0. The third kappa shape index (κ3) is 5.14. The van der Waals surface area contributed by atoms with Crippen molar-refractivity contribution >= 4 is 17.8 Å². The lowest BCUT2D eigenvalue weighted by Gasteiger charge is -2.06. The number of carbonyl (C=O) groups excluding carboxylic acids is 2. The Hall–Kier alpha value is -2.82. The Morgan fingerprint density at radius 3 is 2.52 bits per heavy atom. The predicted octanol–water partition coefficient (Wildman–Crippen LogP) is 3.00. The lowest BCUT2D eigenvalue weighted by molar-refractivity contribution is -0.122. The highest BCUT2D eigenvalue weighted by Crippen LogP contribution is 2.14. The number of aryl methyl sites for hydroxylation is 1. The number of hydrogen-bond acceptors (Lipinski definition) is 4. The zero-order chi connectivity index (χ0) is 16.7. The van der Waals surface area contributed by atoms with Crippen molar-refractivity contribution in [3.63, 3.8) is 0 Å². The number of rotatable bonds is 7. The van der Waals surface area contributed by atoms with Crippen molar-refractivity contribution in [1.29, 1.82) is 0 Å². The second-order valence-electron chi connectivity index (χ2n) is 4.92. The molecule has 0 aliphatic rings. The summed E-state index contributed by atoms with van der Waals surface area (Å²) in [6.45, 7) is 4.21. The topological polar surface area (TPSA) is 68.5 Å². The summed E-state index contributed by atoms with van der Waals surface area (Å²) >= 11 is 0. The Morgan fingerprint density at radius 1 is 1.17 bits per heavy atom. The van der Waals surface area contributed by atoms with E-state index in [1.54, 1.807) is 37.3 Å². The van der Waals surface area contributed by atoms with Gasteiger partial charge < -0.3 is 14.5 Å². The van der Waals surface area contributed by atoms with Gasteiger partial charge in [-0.1, -0.05) is 18.2 Å². The SMILES string of the molecule is CCNC(=O)COc1ccc(C=CC(=O)c2ccc(C)o2)cc1. The van der Waals surface area contributed by atoms with Gasteiger partial charge in [-0.15, -0.1) is 0 Å². The van der Waals surface area contributed by atoms with Gasteiger partial charge in [0.15, 0.2) is 12.4 Å². The number of furan rings is 1. The standard InChI is InChI=1S/C18H19NO4/c1-3-19-18(21)12-22-15-8-5-14(6-9-15)7-10-16(20)17-11-4-13(2)23-17/h4-11H,3,12H2,1-2H3,(H,19,21). The molecule has 1 amide bonds. The molecule has 0 atom stereocenters. The number of nitrogens with one attached hydrogen (secondary N) is 1. The first-order chi connectivity index (χ1) is 11.1. The molecule has 1 N–H and O–H groups in total. The molecule has 120 valence electrons. The first-order valence-corrected chi connectivity index (χ1v) is 7.37. The van der Waals surface area contributed by atoms with Crippen LogP contribution in [0, 0.1) is 6.92 Å². The lowest BCUT2D eigenvalue weighted by atomic mass is 10.2. The maximum atomic E-state index is 11.9. The molecule has 5 heteroatoms. The maximum Gasteiger partial charge on any atom is 0.257 e. The Kier molecular flexibility index (Phi) is 5.74. The van der Waals surface area contributed by atoms with E-state index in [1.165, 1.54) is 6.08 Å². The summed E-state index contributed by atoms with van der Waals surface area (Å²) < 4.78 is 10.6. The largest absolute Gasteiger partial charge is 0.484 e. The van der Waals surface area contributed by atoms with Crippen LogP contribution in [0.3, 0.4) is 0 Å². The summed E-state index contributed by atoms with van der Waals surface area (Å²) in [5, 5.41) is 2.66. The number of allylic oxidation sites excluding steroid dienone is 1. The first kappa shape index (κ1) is 16.5. The first-order valence-electron chi connectivity index (χ1n) is 7.37. The van der Waals surface area contributed by atoms with Gasteiger partial charge in [0.25, 0.3) is 5.91 Å². The Balaban J connectivity index is 1.90. The zero-order valence-electron chi connectivity index (χ0n) is 13.2. The molecule has 0 unspecified atom stereocenters. The van der Waals surface area contributed by atoms with Gasteiger partial charge in [-0.25, -0.2) is 0 Å². The molecule has 23 heavy (non-hydrogen) atoms. The second kappa shape index (κ2) is 7.98. The Morgan fingerprint density at radius 2 is 1.91 bits per heavy atom. The summed E-state index contributed by atoms with van der Waals surface area (Å²) in [6.07, 6.45) is 3.16. The molecule has 0 aliphatic carbocycles. The summed E-state index contributed by atoms with van der Waals surface area (Å²) in [5.74, 6) is 1.28. The van der Waals surface area contributed by atoms with E-state index in [4.69, 9.17) is 9.15 Å². The fourth-order valence-corrected chi connectivity index (χ4v) is 1.89. The third-order valence-corrected chi connectivity index (χ3v) is 3.03. The van der Waals surface area contributed by atoms with Gasteiger partial charge in [0.1, 0.15) is 11.5 Å². The fraction of sp³-hybridized carbons (Fsp3) is 0.222. The molecular weight excluding hydrogens is 294 g/mol. The van der Waals surface area contributed by atoms with E-state index >= 15 is 0 Å². The van der Waals surface area contributed by atoms with Crippen LogP contribution in [0.15, 0.2) is 46.9 Å². The van der Waals surface area contributed by atoms with Crippen LogP contribution < -0.4 is 10.1 Å². The van der Waals surface area contributed by atoms with Gasteiger partial charge in [0.05, 0.1) is 0 Å². The molecule has 0 radical (unpaired) electrons. The minimum Gasteiger partial charge on any atom is -0.484 e. The third-order valence-electron chi connectivity index (χ3n) is 3.03. The van der Waals surface area contributed by atoms with Crippen LogP contribution in [0.1, 0.15) is 28.8 Å². The molecule has 0 bridgehead atoms. The molecule has 2 aromatic rings. The minimum absolute atomic E-state index is 0.0145. The van der Waals surface area contributed by atoms with Crippen LogP contribution in [0.25, 0.3) is 6.08 Å². The van der Waals surface area contributed by atoms with Gasteiger partial charge in [0.2, 0.25) is 5.78 Å². The van der Waals surface area contributed by atoms with Crippen LogP contribution in [0.4, 0.5) is 0 Å². The smallest absolute Gasteiger partial charge is 0.257 e. The van der Waals surface area contributed by atoms with E-state index in [-0.39, 0.29) is 18.3 Å². The summed E-state index contributed by atoms with van der Waals surface area (Å²) in [6, 6.07) is 10.5.